The lowest BCUT2D eigenvalue weighted by Crippen LogP contribution is -2.46. The van der Waals surface area contributed by atoms with Gasteiger partial charge >= 0.3 is 0 Å². The molecule has 164 valence electrons. The van der Waals surface area contributed by atoms with E-state index in [0.29, 0.717) is 17.3 Å². The van der Waals surface area contributed by atoms with Gasteiger partial charge in [-0.05, 0) is 60.2 Å². The van der Waals surface area contributed by atoms with Crippen LogP contribution in [0.4, 0.5) is 10.1 Å². The summed E-state index contributed by atoms with van der Waals surface area (Å²) in [5.41, 5.74) is 5.80. The molecule has 3 aromatic rings. The zero-order valence-electron chi connectivity index (χ0n) is 18.7. The maximum Gasteiger partial charge on any atom is 0.209 e. The third kappa shape index (κ3) is 4.90. The van der Waals surface area contributed by atoms with Crippen LogP contribution in [0.15, 0.2) is 24.4 Å². The maximum absolute atomic E-state index is 15.2. The molecule has 0 radical (unpaired) electrons. The minimum Gasteiger partial charge on any atom is -0.368 e. The Bertz CT molecular complexity index is 1020. The number of benzene rings is 1. The molecule has 1 aliphatic heterocycles. The number of aromatic nitrogens is 5. The number of hydrogen-bond donors (Lipinski definition) is 1. The number of H-pyrrole nitrogens is 1. The lowest BCUT2D eigenvalue weighted by molar-refractivity contribution is 0.246. The van der Waals surface area contributed by atoms with Gasteiger partial charge in [0.2, 0.25) is 5.82 Å². The Morgan fingerprint density at radius 2 is 1.87 bits per heavy atom. The molecule has 1 aliphatic rings. The van der Waals surface area contributed by atoms with E-state index in [4.69, 9.17) is 0 Å². The number of rotatable bonds is 6. The Kier molecular flexibility index (Phi) is 6.27. The van der Waals surface area contributed by atoms with E-state index in [-0.39, 0.29) is 5.82 Å². The molecule has 1 N–H and O–H groups in total. The third-order valence-corrected chi connectivity index (χ3v) is 5.75. The molecule has 4 rings (SSSR count). The van der Waals surface area contributed by atoms with E-state index in [9.17, 15) is 0 Å². The van der Waals surface area contributed by atoms with Crippen LogP contribution in [0.1, 0.15) is 36.2 Å². The molecule has 1 aromatic carbocycles. The van der Waals surface area contributed by atoms with Crippen LogP contribution in [-0.2, 0) is 13.0 Å². The highest BCUT2D eigenvalue weighted by atomic mass is 19.1. The number of halogens is 1. The van der Waals surface area contributed by atoms with Crippen molar-refractivity contribution < 1.29 is 4.39 Å². The second-order valence-corrected chi connectivity index (χ2v) is 8.84. The van der Waals surface area contributed by atoms with Gasteiger partial charge in [0.15, 0.2) is 0 Å². The van der Waals surface area contributed by atoms with E-state index in [1.54, 1.807) is 6.07 Å². The van der Waals surface area contributed by atoms with Crippen molar-refractivity contribution in [1.29, 1.82) is 0 Å². The predicted molar refractivity (Wildman–Crippen MR) is 119 cm³/mol. The number of aryl methyl sites for hydroxylation is 2. The average molecular weight is 424 g/mol. The molecule has 0 spiro atoms. The van der Waals surface area contributed by atoms with Crippen molar-refractivity contribution in [3.63, 3.8) is 0 Å². The summed E-state index contributed by atoms with van der Waals surface area (Å²) >= 11 is 0. The van der Waals surface area contributed by atoms with Crippen LogP contribution in [0.5, 0.6) is 0 Å². The number of nitrogens with one attached hydrogen (secondary N) is 1. The minimum atomic E-state index is -0.295. The first kappa shape index (κ1) is 21.4. The maximum atomic E-state index is 15.2. The van der Waals surface area contributed by atoms with Crippen molar-refractivity contribution in [2.24, 2.45) is 5.92 Å². The van der Waals surface area contributed by atoms with Gasteiger partial charge in [-0.2, -0.15) is 5.21 Å². The molecule has 1 saturated heterocycles. The van der Waals surface area contributed by atoms with Gasteiger partial charge in [-0.15, -0.1) is 10.2 Å². The molecule has 8 heteroatoms. The monoisotopic (exact) mass is 423 g/mol. The van der Waals surface area contributed by atoms with Gasteiger partial charge in [-0.3, -0.25) is 9.88 Å². The molecule has 0 bridgehead atoms. The molecule has 2 aromatic heterocycles. The van der Waals surface area contributed by atoms with Crippen LogP contribution >= 0.6 is 0 Å². The summed E-state index contributed by atoms with van der Waals surface area (Å²) < 4.78 is 15.2. The van der Waals surface area contributed by atoms with Crippen molar-refractivity contribution in [1.82, 2.24) is 30.5 Å². The molecule has 0 saturated carbocycles. The van der Waals surface area contributed by atoms with Crippen LogP contribution in [-0.4, -0.2) is 56.7 Å². The minimum absolute atomic E-state index is 0.295. The predicted octanol–water partition coefficient (Wildman–Crippen LogP) is 3.54. The van der Waals surface area contributed by atoms with Gasteiger partial charge in [0.25, 0.3) is 0 Å². The number of nitrogens with zero attached hydrogens (tertiary/aromatic N) is 6. The normalized spacial score (nSPS) is 15.1. The van der Waals surface area contributed by atoms with Gasteiger partial charge < -0.3 is 4.90 Å². The average Bonchev–Trinajstić information content (AvgIpc) is 3.24. The second kappa shape index (κ2) is 9.09. The highest BCUT2D eigenvalue weighted by Crippen LogP contribution is 2.34. The van der Waals surface area contributed by atoms with Crippen LogP contribution in [0.3, 0.4) is 0 Å². The Morgan fingerprint density at radius 3 is 2.52 bits per heavy atom. The summed E-state index contributed by atoms with van der Waals surface area (Å²) in [5.74, 6) is 0.451. The number of piperazine rings is 1. The fraction of sp³-hybridized carbons (Fsp3) is 0.478. The Balaban J connectivity index is 1.54. The van der Waals surface area contributed by atoms with Crippen LogP contribution < -0.4 is 4.90 Å². The fourth-order valence-electron chi connectivity index (χ4n) is 4.24. The number of anilines is 1. The first-order valence-electron chi connectivity index (χ1n) is 10.9. The number of tetrazole rings is 1. The molecule has 0 aliphatic carbocycles. The van der Waals surface area contributed by atoms with E-state index in [0.717, 1.165) is 56.1 Å². The van der Waals surface area contributed by atoms with Crippen molar-refractivity contribution >= 4 is 5.69 Å². The molecular weight excluding hydrogens is 393 g/mol. The van der Waals surface area contributed by atoms with Gasteiger partial charge in [0.05, 0.1) is 16.9 Å². The smallest absolute Gasteiger partial charge is 0.209 e. The summed E-state index contributed by atoms with van der Waals surface area (Å²) in [5, 5.41) is 14.2. The van der Waals surface area contributed by atoms with E-state index < -0.39 is 0 Å². The Hall–Kier alpha value is -2.87. The van der Waals surface area contributed by atoms with Gasteiger partial charge in [-0.25, -0.2) is 4.39 Å². The van der Waals surface area contributed by atoms with E-state index in [1.165, 1.54) is 11.1 Å². The summed E-state index contributed by atoms with van der Waals surface area (Å²) in [7, 11) is 0. The molecule has 3 heterocycles. The third-order valence-electron chi connectivity index (χ3n) is 5.75. The van der Waals surface area contributed by atoms with E-state index in [2.05, 4.69) is 75.2 Å². The van der Waals surface area contributed by atoms with E-state index in [1.807, 2.05) is 6.20 Å². The highest BCUT2D eigenvalue weighted by molar-refractivity contribution is 5.75. The summed E-state index contributed by atoms with van der Waals surface area (Å²) in [4.78, 5) is 9.26. The topological polar surface area (TPSA) is 73.8 Å². The van der Waals surface area contributed by atoms with Crippen molar-refractivity contribution in [2.45, 2.75) is 40.7 Å². The summed E-state index contributed by atoms with van der Waals surface area (Å²) in [6.07, 6.45) is 2.76. The van der Waals surface area contributed by atoms with Crippen molar-refractivity contribution in [2.75, 3.05) is 31.1 Å². The van der Waals surface area contributed by atoms with Crippen LogP contribution in [0, 0.1) is 25.6 Å². The number of pyridine rings is 1. The van der Waals surface area contributed by atoms with Gasteiger partial charge in [0, 0.05) is 38.9 Å². The first-order chi connectivity index (χ1) is 14.9. The molecular formula is C23H30FN7. The Morgan fingerprint density at radius 1 is 1.10 bits per heavy atom. The highest BCUT2D eigenvalue weighted by Gasteiger charge is 2.25. The van der Waals surface area contributed by atoms with Crippen molar-refractivity contribution in [3.8, 4) is 11.4 Å². The van der Waals surface area contributed by atoms with Crippen molar-refractivity contribution in [3.05, 3.63) is 52.6 Å². The molecule has 0 amide bonds. The van der Waals surface area contributed by atoms with E-state index >= 15 is 4.39 Å². The van der Waals surface area contributed by atoms with Gasteiger partial charge in [-0.1, -0.05) is 19.9 Å². The lowest BCUT2D eigenvalue weighted by atomic mass is 9.98. The molecule has 0 unspecified atom stereocenters. The Labute approximate surface area is 182 Å². The van der Waals surface area contributed by atoms with Crippen LogP contribution in [0.2, 0.25) is 0 Å². The SMILES string of the molecule is Cc1cnc(CN2CCN(c3cc(CC(C)C)cc(F)c3-c3nn[nH]n3)CC2)c(C)c1. The molecule has 0 atom stereocenters. The fourth-order valence-corrected chi connectivity index (χ4v) is 4.24. The number of hydrogen-bond acceptors (Lipinski definition) is 6. The standard InChI is InChI=1S/C23H30FN7/c1-15(2)9-18-11-19(24)22(23-26-28-29-27-23)21(12-18)31-7-5-30(6-8-31)14-20-17(4)10-16(3)13-25-20/h10-13,15H,5-9,14H2,1-4H3,(H,26,27,28,29). The second-order valence-electron chi connectivity index (χ2n) is 8.84. The zero-order chi connectivity index (χ0) is 22.0. The zero-order valence-corrected chi connectivity index (χ0v) is 18.7. The number of aromatic amines is 1. The largest absolute Gasteiger partial charge is 0.368 e. The quantitative estimate of drug-likeness (QED) is 0.654. The molecule has 1 fully saturated rings. The lowest BCUT2D eigenvalue weighted by Gasteiger charge is -2.37. The van der Waals surface area contributed by atoms with Crippen LogP contribution in [0.25, 0.3) is 11.4 Å². The summed E-state index contributed by atoms with van der Waals surface area (Å²) in [6.45, 7) is 12.7. The van der Waals surface area contributed by atoms with Gasteiger partial charge in [0.1, 0.15) is 5.82 Å². The first-order valence-corrected chi connectivity index (χ1v) is 10.9. The summed E-state index contributed by atoms with van der Waals surface area (Å²) in [6, 6.07) is 5.88. The molecule has 7 nitrogen and oxygen atoms in total. The molecule has 31 heavy (non-hydrogen) atoms.